The molecule has 1 aromatic carbocycles. The third-order valence-electron chi connectivity index (χ3n) is 2.73. The predicted molar refractivity (Wildman–Crippen MR) is 68.1 cm³/mol. The van der Waals surface area contributed by atoms with Gasteiger partial charge in [0, 0.05) is 18.0 Å². The van der Waals surface area contributed by atoms with E-state index in [-0.39, 0.29) is 11.3 Å². The first-order chi connectivity index (χ1) is 9.37. The number of aryl methyl sites for hydroxylation is 1. The standard InChI is InChI=1S/C14H13F3N2O/c1-9-6-10(8-19-7-9)13(18)11-4-2-3-5-12(11)20-14(15,16)17/h2-8,13H,18H2,1H3. The molecule has 106 valence electrons. The number of nitrogens with zero attached hydrogens (tertiary/aromatic N) is 1. The van der Waals surface area contributed by atoms with E-state index in [1.54, 1.807) is 18.3 Å². The zero-order valence-corrected chi connectivity index (χ0v) is 10.7. The van der Waals surface area contributed by atoms with E-state index in [4.69, 9.17) is 5.73 Å². The fourth-order valence-corrected chi connectivity index (χ4v) is 1.88. The Bertz CT molecular complexity index is 599. The maximum atomic E-state index is 12.4. The first-order valence-corrected chi connectivity index (χ1v) is 5.88. The van der Waals surface area contributed by atoms with Crippen molar-refractivity contribution in [3.8, 4) is 5.75 Å². The van der Waals surface area contributed by atoms with Gasteiger partial charge in [0.2, 0.25) is 0 Å². The Hall–Kier alpha value is -2.08. The molecule has 2 N–H and O–H groups in total. The second-order valence-electron chi connectivity index (χ2n) is 4.36. The lowest BCUT2D eigenvalue weighted by atomic mass is 9.99. The van der Waals surface area contributed by atoms with Gasteiger partial charge in [-0.25, -0.2) is 0 Å². The largest absolute Gasteiger partial charge is 0.573 e. The average Bonchev–Trinajstić information content (AvgIpc) is 2.37. The van der Waals surface area contributed by atoms with Gasteiger partial charge in [0.25, 0.3) is 0 Å². The van der Waals surface area contributed by atoms with Crippen molar-refractivity contribution in [2.75, 3.05) is 0 Å². The first-order valence-electron chi connectivity index (χ1n) is 5.88. The van der Waals surface area contributed by atoms with E-state index in [0.29, 0.717) is 5.56 Å². The summed E-state index contributed by atoms with van der Waals surface area (Å²) in [5.74, 6) is -0.297. The molecule has 2 rings (SSSR count). The number of aromatic nitrogens is 1. The molecule has 2 aromatic rings. The number of halogens is 3. The number of nitrogens with two attached hydrogens (primary N) is 1. The quantitative estimate of drug-likeness (QED) is 0.939. The van der Waals surface area contributed by atoms with Gasteiger partial charge in [0.15, 0.2) is 0 Å². The lowest BCUT2D eigenvalue weighted by Crippen LogP contribution is -2.20. The zero-order chi connectivity index (χ0) is 14.8. The van der Waals surface area contributed by atoms with E-state index in [9.17, 15) is 13.2 Å². The summed E-state index contributed by atoms with van der Waals surface area (Å²) in [5.41, 5.74) is 7.79. The molecule has 0 saturated carbocycles. The van der Waals surface area contributed by atoms with Gasteiger partial charge in [0.1, 0.15) is 5.75 Å². The maximum absolute atomic E-state index is 12.4. The van der Waals surface area contributed by atoms with Crippen molar-refractivity contribution in [2.24, 2.45) is 5.73 Å². The van der Waals surface area contributed by atoms with Crippen LogP contribution in [0, 0.1) is 6.92 Å². The molecule has 0 amide bonds. The number of alkyl halides is 3. The summed E-state index contributed by atoms with van der Waals surface area (Å²) in [6.45, 7) is 1.83. The highest BCUT2D eigenvalue weighted by molar-refractivity contribution is 5.41. The summed E-state index contributed by atoms with van der Waals surface area (Å²) < 4.78 is 41.1. The van der Waals surface area contributed by atoms with Crippen LogP contribution in [-0.2, 0) is 0 Å². The minimum Gasteiger partial charge on any atom is -0.405 e. The summed E-state index contributed by atoms with van der Waals surface area (Å²) in [6.07, 6.45) is -1.57. The summed E-state index contributed by atoms with van der Waals surface area (Å²) in [5, 5.41) is 0. The third kappa shape index (κ3) is 3.48. The number of hydrogen-bond acceptors (Lipinski definition) is 3. The van der Waals surface area contributed by atoms with Crippen molar-refractivity contribution in [2.45, 2.75) is 19.3 Å². The summed E-state index contributed by atoms with van der Waals surface area (Å²) in [6, 6.07) is 6.87. The summed E-state index contributed by atoms with van der Waals surface area (Å²) in [7, 11) is 0. The molecule has 0 spiro atoms. The van der Waals surface area contributed by atoms with E-state index in [1.807, 2.05) is 6.92 Å². The highest BCUT2D eigenvalue weighted by Gasteiger charge is 2.32. The topological polar surface area (TPSA) is 48.1 Å². The Kier molecular flexibility index (Phi) is 3.94. The Morgan fingerprint density at radius 3 is 2.55 bits per heavy atom. The molecule has 1 unspecified atom stereocenters. The number of pyridine rings is 1. The average molecular weight is 282 g/mol. The Labute approximate surface area is 114 Å². The van der Waals surface area contributed by atoms with Crippen molar-refractivity contribution in [1.29, 1.82) is 0 Å². The number of hydrogen-bond donors (Lipinski definition) is 1. The predicted octanol–water partition coefficient (Wildman–Crippen LogP) is 3.34. The van der Waals surface area contributed by atoms with Crippen LogP contribution in [0.25, 0.3) is 0 Å². The van der Waals surface area contributed by atoms with Gasteiger partial charge in [-0.15, -0.1) is 13.2 Å². The molecule has 20 heavy (non-hydrogen) atoms. The lowest BCUT2D eigenvalue weighted by Gasteiger charge is -2.18. The molecule has 0 fully saturated rings. The second-order valence-corrected chi connectivity index (χ2v) is 4.36. The first kappa shape index (κ1) is 14.3. The third-order valence-corrected chi connectivity index (χ3v) is 2.73. The van der Waals surface area contributed by atoms with Crippen molar-refractivity contribution in [3.63, 3.8) is 0 Å². The maximum Gasteiger partial charge on any atom is 0.573 e. The van der Waals surface area contributed by atoms with Crippen LogP contribution in [0.15, 0.2) is 42.7 Å². The summed E-state index contributed by atoms with van der Waals surface area (Å²) >= 11 is 0. The van der Waals surface area contributed by atoms with Gasteiger partial charge < -0.3 is 10.5 Å². The molecule has 1 atom stereocenters. The molecule has 6 heteroatoms. The van der Waals surface area contributed by atoms with E-state index >= 15 is 0 Å². The molecule has 1 heterocycles. The van der Waals surface area contributed by atoms with Crippen molar-refractivity contribution in [3.05, 3.63) is 59.4 Å². The van der Waals surface area contributed by atoms with Crippen LogP contribution in [-0.4, -0.2) is 11.3 Å². The fraction of sp³-hybridized carbons (Fsp3) is 0.214. The summed E-state index contributed by atoms with van der Waals surface area (Å²) in [4.78, 5) is 3.99. The Balaban J connectivity index is 2.37. The van der Waals surface area contributed by atoms with Crippen molar-refractivity contribution < 1.29 is 17.9 Å². The number of benzene rings is 1. The van der Waals surface area contributed by atoms with Crippen LogP contribution in [0.2, 0.25) is 0 Å². The van der Waals surface area contributed by atoms with Crippen LogP contribution in [0.5, 0.6) is 5.75 Å². The highest BCUT2D eigenvalue weighted by Crippen LogP contribution is 2.32. The lowest BCUT2D eigenvalue weighted by molar-refractivity contribution is -0.274. The Morgan fingerprint density at radius 2 is 1.90 bits per heavy atom. The van der Waals surface area contributed by atoms with Gasteiger partial charge in [-0.2, -0.15) is 0 Å². The van der Waals surface area contributed by atoms with Crippen molar-refractivity contribution in [1.82, 2.24) is 4.98 Å². The van der Waals surface area contributed by atoms with Crippen LogP contribution < -0.4 is 10.5 Å². The van der Waals surface area contributed by atoms with Gasteiger partial charge in [-0.3, -0.25) is 4.98 Å². The van der Waals surface area contributed by atoms with E-state index in [2.05, 4.69) is 9.72 Å². The smallest absolute Gasteiger partial charge is 0.405 e. The molecule has 1 aromatic heterocycles. The van der Waals surface area contributed by atoms with Gasteiger partial charge in [-0.1, -0.05) is 24.3 Å². The van der Waals surface area contributed by atoms with Crippen LogP contribution in [0.1, 0.15) is 22.7 Å². The molecular weight excluding hydrogens is 269 g/mol. The number of rotatable bonds is 3. The van der Waals surface area contributed by atoms with E-state index in [0.717, 1.165) is 5.56 Å². The van der Waals surface area contributed by atoms with Crippen molar-refractivity contribution >= 4 is 0 Å². The van der Waals surface area contributed by atoms with Crippen LogP contribution in [0.3, 0.4) is 0 Å². The van der Waals surface area contributed by atoms with Crippen LogP contribution >= 0.6 is 0 Å². The molecule has 3 nitrogen and oxygen atoms in total. The van der Waals surface area contributed by atoms with Gasteiger partial charge in [0.05, 0.1) is 6.04 Å². The van der Waals surface area contributed by atoms with E-state index in [1.165, 1.54) is 24.4 Å². The number of para-hydroxylation sites is 1. The van der Waals surface area contributed by atoms with Gasteiger partial charge in [-0.05, 0) is 24.1 Å². The Morgan fingerprint density at radius 1 is 1.20 bits per heavy atom. The normalized spacial score (nSPS) is 13.1. The zero-order valence-electron chi connectivity index (χ0n) is 10.7. The van der Waals surface area contributed by atoms with E-state index < -0.39 is 12.4 Å². The minimum atomic E-state index is -4.75. The fourth-order valence-electron chi connectivity index (χ4n) is 1.88. The van der Waals surface area contributed by atoms with Gasteiger partial charge >= 0.3 is 6.36 Å². The SMILES string of the molecule is Cc1cncc(C(N)c2ccccc2OC(F)(F)F)c1. The molecule has 0 radical (unpaired) electrons. The molecule has 0 aliphatic carbocycles. The molecule has 0 aliphatic heterocycles. The van der Waals surface area contributed by atoms with Crippen LogP contribution in [0.4, 0.5) is 13.2 Å². The minimum absolute atomic E-state index is 0.261. The molecule has 0 bridgehead atoms. The monoisotopic (exact) mass is 282 g/mol. The molecule has 0 saturated heterocycles. The number of ether oxygens (including phenoxy) is 1. The molecular formula is C14H13F3N2O. The highest BCUT2D eigenvalue weighted by atomic mass is 19.4. The second kappa shape index (κ2) is 5.50. The molecule has 0 aliphatic rings.